The molecule has 0 atom stereocenters. The topological polar surface area (TPSA) is 68.3 Å². The van der Waals surface area contributed by atoms with Gasteiger partial charge in [-0.2, -0.15) is 0 Å². The molecule has 1 aromatic rings. The fraction of sp³-hybridized carbons (Fsp3) is 0.520. The zero-order valence-electron chi connectivity index (χ0n) is 19.2. The Balaban J connectivity index is 1.36. The summed E-state index contributed by atoms with van der Waals surface area (Å²) in [6.07, 6.45) is 7.64. The predicted molar refractivity (Wildman–Crippen MR) is 120 cm³/mol. The number of rotatable bonds is 5. The molecule has 0 radical (unpaired) electrons. The Labute approximate surface area is 189 Å². The second-order valence-electron chi connectivity index (χ2n) is 8.57. The molecule has 0 spiro atoms. The van der Waals surface area contributed by atoms with E-state index >= 15 is 0 Å². The second kappa shape index (κ2) is 9.67. The van der Waals surface area contributed by atoms with Crippen LogP contribution < -0.4 is 9.47 Å². The average Bonchev–Trinajstić information content (AvgIpc) is 2.86. The Morgan fingerprint density at radius 2 is 1.56 bits per heavy atom. The normalized spacial score (nSPS) is 19.0. The Morgan fingerprint density at radius 1 is 0.875 bits per heavy atom. The molecule has 32 heavy (non-hydrogen) atoms. The number of fused-ring (bicyclic) bond motifs is 1. The summed E-state index contributed by atoms with van der Waals surface area (Å²) in [7, 11) is 4.89. The van der Waals surface area contributed by atoms with Crippen molar-refractivity contribution in [3.8, 4) is 11.5 Å². The molecule has 2 heterocycles. The van der Waals surface area contributed by atoms with Crippen molar-refractivity contribution in [1.82, 2.24) is 9.80 Å². The van der Waals surface area contributed by atoms with Crippen molar-refractivity contribution in [3.05, 3.63) is 46.7 Å². The quantitative estimate of drug-likeness (QED) is 0.704. The summed E-state index contributed by atoms with van der Waals surface area (Å²) in [4.78, 5) is 30.0. The molecular weight excluding hydrogens is 408 g/mol. The van der Waals surface area contributed by atoms with Gasteiger partial charge in [0.2, 0.25) is 11.8 Å². The lowest BCUT2D eigenvalue weighted by Crippen LogP contribution is -2.46. The number of hydrogen-bond donors (Lipinski definition) is 0. The molecule has 2 amide bonds. The van der Waals surface area contributed by atoms with E-state index in [1.54, 1.807) is 21.3 Å². The smallest absolute Gasteiger partial charge is 0.249 e. The van der Waals surface area contributed by atoms with Gasteiger partial charge in [0, 0.05) is 37.7 Å². The molecule has 0 bridgehead atoms. The first-order valence-electron chi connectivity index (χ1n) is 11.3. The maximum atomic E-state index is 13.2. The zero-order valence-corrected chi connectivity index (χ0v) is 19.2. The molecule has 0 aromatic heterocycles. The summed E-state index contributed by atoms with van der Waals surface area (Å²) >= 11 is 0. The van der Waals surface area contributed by atoms with Crippen LogP contribution in [0.5, 0.6) is 11.5 Å². The lowest BCUT2D eigenvalue weighted by molar-refractivity contribution is -0.140. The van der Waals surface area contributed by atoms with Gasteiger partial charge in [0.05, 0.1) is 21.3 Å². The molecule has 1 saturated heterocycles. The van der Waals surface area contributed by atoms with E-state index in [2.05, 4.69) is 0 Å². The number of hydrogen-bond acceptors (Lipinski definition) is 5. The van der Waals surface area contributed by atoms with Gasteiger partial charge in [-0.1, -0.05) is 0 Å². The second-order valence-corrected chi connectivity index (χ2v) is 8.57. The summed E-state index contributed by atoms with van der Waals surface area (Å²) < 4.78 is 16.1. The molecule has 1 aromatic carbocycles. The van der Waals surface area contributed by atoms with Gasteiger partial charge in [-0.05, 0) is 67.5 Å². The number of methoxy groups -OCH3 is 3. The monoisotopic (exact) mass is 440 g/mol. The predicted octanol–water partition coefficient (Wildman–Crippen LogP) is 3.08. The van der Waals surface area contributed by atoms with Crippen LogP contribution in [0, 0.1) is 5.92 Å². The number of piperidine rings is 1. The highest BCUT2D eigenvalue weighted by Crippen LogP contribution is 2.34. The third kappa shape index (κ3) is 4.47. The molecule has 0 saturated carbocycles. The zero-order chi connectivity index (χ0) is 22.7. The van der Waals surface area contributed by atoms with Crippen LogP contribution in [0.25, 0.3) is 0 Å². The van der Waals surface area contributed by atoms with Crippen LogP contribution in [-0.4, -0.2) is 62.6 Å². The number of allylic oxidation sites excluding steroid dienone is 2. The first-order valence-corrected chi connectivity index (χ1v) is 11.3. The van der Waals surface area contributed by atoms with Gasteiger partial charge in [0.25, 0.3) is 0 Å². The molecule has 4 rings (SSSR count). The van der Waals surface area contributed by atoms with Gasteiger partial charge in [0.15, 0.2) is 11.5 Å². The van der Waals surface area contributed by atoms with Gasteiger partial charge < -0.3 is 24.0 Å². The van der Waals surface area contributed by atoms with Crippen LogP contribution in [0.15, 0.2) is 35.6 Å². The van der Waals surface area contributed by atoms with E-state index in [-0.39, 0.29) is 17.7 Å². The van der Waals surface area contributed by atoms with E-state index in [1.807, 2.05) is 34.1 Å². The van der Waals surface area contributed by atoms with E-state index in [9.17, 15) is 9.59 Å². The van der Waals surface area contributed by atoms with E-state index < -0.39 is 0 Å². The number of likely N-dealkylation sites (tertiary alicyclic amines) is 1. The Morgan fingerprint density at radius 3 is 2.22 bits per heavy atom. The Hall–Kier alpha value is -2.96. The minimum Gasteiger partial charge on any atom is -0.497 e. The van der Waals surface area contributed by atoms with Crippen LogP contribution in [0.3, 0.4) is 0 Å². The molecule has 1 aliphatic carbocycles. The first-order chi connectivity index (χ1) is 15.5. The van der Waals surface area contributed by atoms with E-state index in [0.29, 0.717) is 44.8 Å². The van der Waals surface area contributed by atoms with Crippen molar-refractivity contribution < 1.29 is 23.8 Å². The highest BCUT2D eigenvalue weighted by atomic mass is 16.5. The fourth-order valence-corrected chi connectivity index (χ4v) is 4.85. The van der Waals surface area contributed by atoms with Gasteiger partial charge in [-0.3, -0.25) is 9.59 Å². The van der Waals surface area contributed by atoms with Crippen molar-refractivity contribution in [2.45, 2.75) is 38.6 Å². The standard InChI is InChI=1S/C25H32N2O5/c1-30-21-6-4-5-19(13-21)25(29)26-10-7-17(8-11-26)24(28)27-12-9-18-14-22(31-2)23(32-3)15-20(18)16-27/h6,13-15,17H,4-5,7-12,16H2,1-3H3. The summed E-state index contributed by atoms with van der Waals surface area (Å²) in [6.45, 7) is 2.54. The van der Waals surface area contributed by atoms with E-state index in [1.165, 1.54) is 5.56 Å². The highest BCUT2D eigenvalue weighted by molar-refractivity contribution is 5.94. The van der Waals surface area contributed by atoms with E-state index in [4.69, 9.17) is 14.2 Å². The Kier molecular flexibility index (Phi) is 6.72. The third-order valence-corrected chi connectivity index (χ3v) is 6.75. The Bertz CT molecular complexity index is 944. The number of carbonyl (C=O) groups excluding carboxylic acids is 2. The number of carbonyl (C=O) groups is 2. The molecule has 0 unspecified atom stereocenters. The summed E-state index contributed by atoms with van der Waals surface area (Å²) in [5.74, 6) is 2.41. The SMILES string of the molecule is COC1=CCCC(C(=O)N2CCC(C(=O)N3CCc4cc(OC)c(OC)cc4C3)CC2)=C1. The first kappa shape index (κ1) is 22.2. The fourth-order valence-electron chi connectivity index (χ4n) is 4.85. The number of amides is 2. The average molecular weight is 441 g/mol. The van der Waals surface area contributed by atoms with Gasteiger partial charge >= 0.3 is 0 Å². The van der Waals surface area contributed by atoms with Crippen molar-refractivity contribution in [1.29, 1.82) is 0 Å². The maximum absolute atomic E-state index is 13.2. The minimum absolute atomic E-state index is 0.0319. The third-order valence-electron chi connectivity index (χ3n) is 6.75. The molecule has 172 valence electrons. The summed E-state index contributed by atoms with van der Waals surface area (Å²) in [6, 6.07) is 4.00. The van der Waals surface area contributed by atoms with Crippen LogP contribution in [0.2, 0.25) is 0 Å². The minimum atomic E-state index is -0.0319. The van der Waals surface area contributed by atoms with Crippen molar-refractivity contribution in [2.75, 3.05) is 41.0 Å². The van der Waals surface area contributed by atoms with Crippen molar-refractivity contribution in [2.24, 2.45) is 5.92 Å². The van der Waals surface area contributed by atoms with Crippen LogP contribution in [-0.2, 0) is 27.3 Å². The van der Waals surface area contributed by atoms with Crippen LogP contribution in [0.1, 0.15) is 36.8 Å². The lowest BCUT2D eigenvalue weighted by Gasteiger charge is -2.36. The van der Waals surface area contributed by atoms with Crippen molar-refractivity contribution >= 4 is 11.8 Å². The number of ether oxygens (including phenoxy) is 3. The highest BCUT2D eigenvalue weighted by Gasteiger charge is 2.33. The number of benzene rings is 1. The molecule has 7 heteroatoms. The van der Waals surface area contributed by atoms with Gasteiger partial charge in [-0.15, -0.1) is 0 Å². The van der Waals surface area contributed by atoms with E-state index in [0.717, 1.165) is 41.9 Å². The molecule has 0 N–H and O–H groups in total. The largest absolute Gasteiger partial charge is 0.497 e. The molecular formula is C25H32N2O5. The summed E-state index contributed by atoms with van der Waals surface area (Å²) in [5.41, 5.74) is 3.12. The van der Waals surface area contributed by atoms with Gasteiger partial charge in [-0.25, -0.2) is 0 Å². The van der Waals surface area contributed by atoms with Crippen molar-refractivity contribution in [3.63, 3.8) is 0 Å². The van der Waals surface area contributed by atoms with Crippen LogP contribution in [0.4, 0.5) is 0 Å². The van der Waals surface area contributed by atoms with Gasteiger partial charge in [0.1, 0.15) is 5.76 Å². The van der Waals surface area contributed by atoms with Crippen LogP contribution >= 0.6 is 0 Å². The molecule has 7 nitrogen and oxygen atoms in total. The number of nitrogens with zero attached hydrogens (tertiary/aromatic N) is 2. The molecule has 3 aliphatic rings. The molecule has 1 fully saturated rings. The maximum Gasteiger partial charge on any atom is 0.249 e. The molecule has 2 aliphatic heterocycles. The summed E-state index contributed by atoms with van der Waals surface area (Å²) in [5, 5.41) is 0. The lowest BCUT2D eigenvalue weighted by atomic mass is 9.92.